The molecule has 0 saturated heterocycles. The van der Waals surface area contributed by atoms with Gasteiger partial charge < -0.3 is 24.8 Å². The molecule has 1 atom stereocenters. The van der Waals surface area contributed by atoms with Gasteiger partial charge in [0, 0.05) is 0 Å². The molecule has 0 spiro atoms. The van der Waals surface area contributed by atoms with Gasteiger partial charge in [0.15, 0.2) is 0 Å². The van der Waals surface area contributed by atoms with Crippen molar-refractivity contribution in [3.63, 3.8) is 0 Å². The van der Waals surface area contributed by atoms with Crippen LogP contribution in [0.1, 0.15) is 67.4 Å². The standard InChI is InChI=1S/C18H15.C10H15.2ClH.Zr/c1-14-12-17-9-5-8-16(18(17)13-14)11-10-15-6-3-2-4-7-15;1-7-6-10(4,5)9(3)8(7)2;;;/h2-13H,1H3;1-5H3;2*1H;/q;;;;+2/p-2. The summed E-state index contributed by atoms with van der Waals surface area (Å²) >= 11 is -0.792. The molecule has 0 amide bonds. The fourth-order valence-corrected chi connectivity index (χ4v) is 9.51. The zero-order valence-electron chi connectivity index (χ0n) is 19.2. The molecule has 2 aromatic rings. The van der Waals surface area contributed by atoms with Crippen molar-refractivity contribution in [2.24, 2.45) is 5.41 Å². The van der Waals surface area contributed by atoms with Crippen LogP contribution in [0.3, 0.4) is 0 Å². The van der Waals surface area contributed by atoms with Gasteiger partial charge in [-0.25, -0.2) is 0 Å². The summed E-state index contributed by atoms with van der Waals surface area (Å²) in [7, 11) is 0. The first kappa shape index (κ1) is 26.1. The normalized spacial score (nSPS) is 19.0. The third-order valence-electron chi connectivity index (χ3n) is 6.92. The minimum atomic E-state index is -0.792. The van der Waals surface area contributed by atoms with Crippen LogP contribution in [-0.2, 0) is 23.2 Å². The number of hydrogen-bond acceptors (Lipinski definition) is 0. The van der Waals surface area contributed by atoms with Gasteiger partial charge in [0.25, 0.3) is 0 Å². The SMILES string of the molecule is CC1=Cc2c(C=Cc3ccccc3)cccc2[CH]1[Zr+2][C]1=C(C)C(C)=C(C)C1(C)C.[Cl-].[Cl-]. The fourth-order valence-electron chi connectivity index (χ4n) is 4.69. The maximum absolute atomic E-state index is 2.45. The van der Waals surface area contributed by atoms with E-state index >= 15 is 0 Å². The van der Waals surface area contributed by atoms with Gasteiger partial charge in [-0.3, -0.25) is 0 Å². The summed E-state index contributed by atoms with van der Waals surface area (Å²) in [6, 6.07) is 17.5. The zero-order chi connectivity index (χ0) is 20.8. The van der Waals surface area contributed by atoms with Crippen LogP contribution in [0.5, 0.6) is 0 Å². The second-order valence-electron chi connectivity index (χ2n) is 8.93. The molecular weight excluding hydrogens is 498 g/mol. The molecule has 1 unspecified atom stereocenters. The largest absolute Gasteiger partial charge is 1.00 e. The molecule has 0 nitrogen and oxygen atoms in total. The van der Waals surface area contributed by atoms with E-state index in [1.54, 1.807) is 25.6 Å². The van der Waals surface area contributed by atoms with Crippen molar-refractivity contribution in [1.29, 1.82) is 0 Å². The molecular formula is C28H30Cl2Zr. The van der Waals surface area contributed by atoms with Crippen LogP contribution in [0, 0.1) is 5.41 Å². The van der Waals surface area contributed by atoms with Crippen molar-refractivity contribution in [2.45, 2.75) is 45.2 Å². The van der Waals surface area contributed by atoms with Gasteiger partial charge >= 0.3 is 188 Å². The smallest absolute Gasteiger partial charge is 1.00 e. The second kappa shape index (κ2) is 10.2. The number of benzene rings is 2. The molecule has 2 aliphatic carbocycles. The second-order valence-corrected chi connectivity index (χ2v) is 12.3. The molecule has 0 aromatic heterocycles. The Hall–Kier alpha value is -1.14. The Morgan fingerprint density at radius 3 is 2.10 bits per heavy atom. The van der Waals surface area contributed by atoms with Gasteiger partial charge in [-0.1, -0.05) is 0 Å². The van der Waals surface area contributed by atoms with E-state index in [0.29, 0.717) is 3.63 Å². The molecule has 4 rings (SSSR count). The first-order valence-electron chi connectivity index (χ1n) is 10.5. The average molecular weight is 529 g/mol. The van der Waals surface area contributed by atoms with Crippen LogP contribution >= 0.6 is 0 Å². The molecule has 0 saturated carbocycles. The first-order chi connectivity index (χ1) is 13.8. The Morgan fingerprint density at radius 1 is 0.806 bits per heavy atom. The molecule has 0 fully saturated rings. The van der Waals surface area contributed by atoms with E-state index in [1.165, 1.54) is 22.3 Å². The van der Waals surface area contributed by atoms with Crippen molar-refractivity contribution in [1.82, 2.24) is 0 Å². The van der Waals surface area contributed by atoms with E-state index in [2.05, 4.69) is 108 Å². The van der Waals surface area contributed by atoms with Crippen LogP contribution in [0.15, 0.2) is 74.1 Å². The molecule has 2 aromatic carbocycles. The summed E-state index contributed by atoms with van der Waals surface area (Å²) in [6.45, 7) is 14.2. The van der Waals surface area contributed by atoms with E-state index in [9.17, 15) is 0 Å². The summed E-state index contributed by atoms with van der Waals surface area (Å²) in [5.74, 6) is 0. The first-order valence-corrected chi connectivity index (χ1v) is 13.2. The number of hydrogen-bond donors (Lipinski definition) is 0. The maximum atomic E-state index is 2.45. The molecule has 0 heterocycles. The monoisotopic (exact) mass is 526 g/mol. The minimum absolute atomic E-state index is 0. The van der Waals surface area contributed by atoms with Gasteiger partial charge in [-0.15, -0.1) is 0 Å². The summed E-state index contributed by atoms with van der Waals surface area (Å²) in [5, 5.41) is 0. The number of halogens is 2. The van der Waals surface area contributed by atoms with E-state index in [-0.39, 0.29) is 30.2 Å². The van der Waals surface area contributed by atoms with Crippen LogP contribution in [0.4, 0.5) is 0 Å². The summed E-state index contributed by atoms with van der Waals surface area (Å²) in [6.07, 6.45) is 6.97. The number of rotatable bonds is 4. The van der Waals surface area contributed by atoms with Crippen LogP contribution in [0.2, 0.25) is 0 Å². The third-order valence-corrected chi connectivity index (χ3v) is 12.7. The third kappa shape index (κ3) is 4.80. The van der Waals surface area contributed by atoms with Crippen molar-refractivity contribution in [3.05, 3.63) is 96.4 Å². The minimum Gasteiger partial charge on any atom is -1.00 e. The Morgan fingerprint density at radius 2 is 1.48 bits per heavy atom. The van der Waals surface area contributed by atoms with Crippen molar-refractivity contribution in [3.8, 4) is 0 Å². The zero-order valence-corrected chi connectivity index (χ0v) is 23.2. The van der Waals surface area contributed by atoms with Gasteiger partial charge in [0.1, 0.15) is 0 Å². The molecule has 31 heavy (non-hydrogen) atoms. The number of allylic oxidation sites excluding steroid dienone is 5. The molecule has 2 aliphatic rings. The van der Waals surface area contributed by atoms with Gasteiger partial charge in [0.05, 0.1) is 0 Å². The summed E-state index contributed by atoms with van der Waals surface area (Å²) in [4.78, 5) is 0. The van der Waals surface area contributed by atoms with Gasteiger partial charge in [0.2, 0.25) is 0 Å². The summed E-state index contributed by atoms with van der Waals surface area (Å²) < 4.78 is 2.44. The molecule has 0 radical (unpaired) electrons. The van der Waals surface area contributed by atoms with E-state index in [1.807, 2.05) is 0 Å². The van der Waals surface area contributed by atoms with Gasteiger partial charge in [-0.05, 0) is 0 Å². The Labute approximate surface area is 212 Å². The molecule has 3 heteroatoms. The summed E-state index contributed by atoms with van der Waals surface area (Å²) in [5.41, 5.74) is 12.1. The van der Waals surface area contributed by atoms with Crippen molar-refractivity contribution < 1.29 is 48.0 Å². The number of fused-ring (bicyclic) bond motifs is 1. The van der Waals surface area contributed by atoms with Gasteiger partial charge in [-0.2, -0.15) is 0 Å². The Balaban J connectivity index is 0.00000171. The maximum Gasteiger partial charge on any atom is -1.00 e. The van der Waals surface area contributed by atoms with Crippen LogP contribution < -0.4 is 24.8 Å². The quantitative estimate of drug-likeness (QED) is 0.533. The fraction of sp³-hybridized carbons (Fsp3) is 0.286. The van der Waals surface area contributed by atoms with E-state index in [0.717, 1.165) is 0 Å². The Bertz CT molecular complexity index is 1090. The van der Waals surface area contributed by atoms with E-state index in [4.69, 9.17) is 0 Å². The predicted octanol–water partition coefficient (Wildman–Crippen LogP) is 2.06. The molecule has 0 N–H and O–H groups in total. The van der Waals surface area contributed by atoms with E-state index < -0.39 is 23.2 Å². The van der Waals surface area contributed by atoms with Crippen molar-refractivity contribution in [2.75, 3.05) is 0 Å². The van der Waals surface area contributed by atoms with Crippen molar-refractivity contribution >= 4 is 18.2 Å². The predicted molar refractivity (Wildman–Crippen MR) is 123 cm³/mol. The van der Waals surface area contributed by atoms with Crippen LogP contribution in [0.25, 0.3) is 18.2 Å². The molecule has 160 valence electrons. The topological polar surface area (TPSA) is 0 Å². The Kier molecular flexibility index (Phi) is 8.60. The molecule has 0 aliphatic heterocycles. The van der Waals surface area contributed by atoms with Crippen LogP contribution in [-0.4, -0.2) is 0 Å². The average Bonchev–Trinajstić information content (AvgIpc) is 3.11. The molecule has 0 bridgehead atoms.